The maximum absolute atomic E-state index is 11.0. The van der Waals surface area contributed by atoms with Gasteiger partial charge in [0.25, 0.3) is 0 Å². The quantitative estimate of drug-likeness (QED) is 0.768. The lowest BCUT2D eigenvalue weighted by Crippen LogP contribution is -2.22. The van der Waals surface area contributed by atoms with Gasteiger partial charge in [-0.2, -0.15) is 0 Å². The van der Waals surface area contributed by atoms with E-state index in [9.17, 15) is 4.79 Å². The van der Waals surface area contributed by atoms with Crippen LogP contribution in [0.1, 0.15) is 17.3 Å². The number of rotatable bonds is 3. The van der Waals surface area contributed by atoms with Gasteiger partial charge >= 0.3 is 5.97 Å². The number of aromatic nitrogens is 3. The number of nitrogens with two attached hydrogens (primary N) is 1. The third-order valence-electron chi connectivity index (χ3n) is 2.39. The van der Waals surface area contributed by atoms with Gasteiger partial charge in [-0.1, -0.05) is 0 Å². The maximum Gasteiger partial charge on any atom is 0.314 e. The number of aryl methyl sites for hydroxylation is 1. The van der Waals surface area contributed by atoms with Gasteiger partial charge in [0.15, 0.2) is 5.65 Å². The Bertz CT molecular complexity index is 535. The molecular formula is C10H12N4O2. The maximum atomic E-state index is 11.0. The van der Waals surface area contributed by atoms with Crippen LogP contribution >= 0.6 is 0 Å². The molecule has 84 valence electrons. The van der Waals surface area contributed by atoms with E-state index in [0.717, 1.165) is 5.69 Å². The molecule has 6 heteroatoms. The van der Waals surface area contributed by atoms with Gasteiger partial charge in [0.2, 0.25) is 0 Å². The summed E-state index contributed by atoms with van der Waals surface area (Å²) >= 11 is 0. The van der Waals surface area contributed by atoms with Gasteiger partial charge in [0.05, 0.1) is 11.4 Å². The summed E-state index contributed by atoms with van der Waals surface area (Å²) in [4.78, 5) is 19.3. The van der Waals surface area contributed by atoms with Crippen LogP contribution < -0.4 is 5.73 Å². The first-order chi connectivity index (χ1) is 7.63. The molecule has 1 atom stereocenters. The molecule has 0 amide bonds. The van der Waals surface area contributed by atoms with E-state index in [2.05, 4.69) is 9.97 Å². The molecule has 0 fully saturated rings. The fourth-order valence-electron chi connectivity index (χ4n) is 1.64. The molecule has 1 unspecified atom stereocenters. The molecule has 0 aromatic carbocycles. The summed E-state index contributed by atoms with van der Waals surface area (Å²) in [7, 11) is 0. The Kier molecular flexibility index (Phi) is 2.57. The van der Waals surface area contributed by atoms with Crippen molar-refractivity contribution >= 4 is 11.6 Å². The van der Waals surface area contributed by atoms with Crippen LogP contribution in [0.2, 0.25) is 0 Å². The van der Waals surface area contributed by atoms with E-state index < -0.39 is 11.9 Å². The molecule has 0 aliphatic rings. The monoisotopic (exact) mass is 220 g/mol. The number of carboxylic acids is 1. The van der Waals surface area contributed by atoms with Gasteiger partial charge < -0.3 is 15.2 Å². The number of nitrogens with zero attached hydrogens (tertiary/aromatic N) is 3. The largest absolute Gasteiger partial charge is 0.481 e. The summed E-state index contributed by atoms with van der Waals surface area (Å²) in [6.45, 7) is 1.85. The fourth-order valence-corrected chi connectivity index (χ4v) is 1.64. The van der Waals surface area contributed by atoms with Gasteiger partial charge in [-0.15, -0.1) is 0 Å². The van der Waals surface area contributed by atoms with Gasteiger partial charge in [-0.25, -0.2) is 4.98 Å². The second-order valence-corrected chi connectivity index (χ2v) is 3.55. The zero-order chi connectivity index (χ0) is 11.7. The highest BCUT2D eigenvalue weighted by Gasteiger charge is 2.23. The molecule has 16 heavy (non-hydrogen) atoms. The number of aliphatic carboxylic acids is 1. The van der Waals surface area contributed by atoms with Gasteiger partial charge in [-0.05, 0) is 6.92 Å². The molecule has 2 aromatic rings. The van der Waals surface area contributed by atoms with E-state index in [1.165, 1.54) is 0 Å². The molecule has 3 N–H and O–H groups in total. The molecular weight excluding hydrogens is 208 g/mol. The number of carboxylic acid groups (broad SMARTS) is 1. The predicted molar refractivity (Wildman–Crippen MR) is 57.2 cm³/mol. The molecule has 6 nitrogen and oxygen atoms in total. The number of fused-ring (bicyclic) bond motifs is 1. The molecule has 0 radical (unpaired) electrons. The van der Waals surface area contributed by atoms with E-state index >= 15 is 0 Å². The average Bonchev–Trinajstić information content (AvgIpc) is 2.59. The Balaban J connectivity index is 2.62. The van der Waals surface area contributed by atoms with Crippen LogP contribution in [0.3, 0.4) is 0 Å². The molecule has 0 saturated heterocycles. The van der Waals surface area contributed by atoms with Crippen LogP contribution in [0.25, 0.3) is 5.65 Å². The van der Waals surface area contributed by atoms with E-state index in [1.54, 1.807) is 16.8 Å². The normalized spacial score (nSPS) is 12.9. The standard InChI is InChI=1S/C10H12N4O2/c1-6-5-14-3-2-12-8(9(14)13-6)7(4-11)10(15)16/h2-3,5,7H,4,11H2,1H3,(H,15,16). The summed E-state index contributed by atoms with van der Waals surface area (Å²) in [5.41, 5.74) is 7.22. The first-order valence-electron chi connectivity index (χ1n) is 4.86. The van der Waals surface area contributed by atoms with Crippen LogP contribution in [-0.4, -0.2) is 32.0 Å². The van der Waals surface area contributed by atoms with Gasteiger partial charge in [0.1, 0.15) is 5.92 Å². The van der Waals surface area contributed by atoms with Crippen molar-refractivity contribution in [2.45, 2.75) is 12.8 Å². The zero-order valence-corrected chi connectivity index (χ0v) is 8.79. The summed E-state index contributed by atoms with van der Waals surface area (Å²) in [6.07, 6.45) is 5.10. The molecule has 2 aromatic heterocycles. The van der Waals surface area contributed by atoms with E-state index in [0.29, 0.717) is 11.3 Å². The summed E-state index contributed by atoms with van der Waals surface area (Å²) < 4.78 is 1.75. The third kappa shape index (κ3) is 1.63. The summed E-state index contributed by atoms with van der Waals surface area (Å²) in [6, 6.07) is 0. The Morgan fingerprint density at radius 2 is 2.44 bits per heavy atom. The Morgan fingerprint density at radius 1 is 1.69 bits per heavy atom. The first kappa shape index (κ1) is 10.6. The number of hydrogen-bond donors (Lipinski definition) is 2. The van der Waals surface area contributed by atoms with E-state index in [-0.39, 0.29) is 6.54 Å². The second-order valence-electron chi connectivity index (χ2n) is 3.55. The SMILES string of the molecule is Cc1cn2ccnc(C(CN)C(=O)O)c2n1. The van der Waals surface area contributed by atoms with Crippen molar-refractivity contribution in [1.82, 2.24) is 14.4 Å². The Morgan fingerprint density at radius 3 is 3.06 bits per heavy atom. The highest BCUT2D eigenvalue weighted by Crippen LogP contribution is 2.17. The van der Waals surface area contributed by atoms with Crippen LogP contribution in [0, 0.1) is 6.92 Å². The predicted octanol–water partition coefficient (Wildman–Crippen LogP) is 0.165. The highest BCUT2D eigenvalue weighted by molar-refractivity contribution is 5.78. The van der Waals surface area contributed by atoms with Crippen molar-refractivity contribution in [3.63, 3.8) is 0 Å². The van der Waals surface area contributed by atoms with Crippen LogP contribution in [0.15, 0.2) is 18.6 Å². The minimum atomic E-state index is -0.983. The molecule has 0 aliphatic heterocycles. The number of hydrogen-bond acceptors (Lipinski definition) is 4. The van der Waals surface area contributed by atoms with Crippen molar-refractivity contribution in [2.24, 2.45) is 5.73 Å². The molecule has 2 heterocycles. The lowest BCUT2D eigenvalue weighted by molar-refractivity contribution is -0.138. The minimum absolute atomic E-state index is 0.00785. The average molecular weight is 220 g/mol. The summed E-state index contributed by atoms with van der Waals surface area (Å²) in [5, 5.41) is 9.04. The molecule has 0 bridgehead atoms. The van der Waals surface area contributed by atoms with Gasteiger partial charge in [0, 0.05) is 25.1 Å². The zero-order valence-electron chi connectivity index (χ0n) is 8.79. The smallest absolute Gasteiger partial charge is 0.314 e. The Labute approximate surface area is 91.7 Å². The number of imidazole rings is 1. The topological polar surface area (TPSA) is 93.5 Å². The molecule has 2 rings (SSSR count). The van der Waals surface area contributed by atoms with Gasteiger partial charge in [-0.3, -0.25) is 9.78 Å². The van der Waals surface area contributed by atoms with Crippen LogP contribution in [0.4, 0.5) is 0 Å². The highest BCUT2D eigenvalue weighted by atomic mass is 16.4. The molecule has 0 saturated carbocycles. The lowest BCUT2D eigenvalue weighted by Gasteiger charge is -2.09. The van der Waals surface area contributed by atoms with E-state index in [4.69, 9.17) is 10.8 Å². The third-order valence-corrected chi connectivity index (χ3v) is 2.39. The van der Waals surface area contributed by atoms with Crippen molar-refractivity contribution in [3.8, 4) is 0 Å². The van der Waals surface area contributed by atoms with E-state index in [1.807, 2.05) is 13.1 Å². The minimum Gasteiger partial charge on any atom is -0.481 e. The van der Waals surface area contributed by atoms with Crippen molar-refractivity contribution < 1.29 is 9.90 Å². The second kappa shape index (κ2) is 3.90. The van der Waals surface area contributed by atoms with Crippen molar-refractivity contribution in [2.75, 3.05) is 6.54 Å². The van der Waals surface area contributed by atoms with Crippen molar-refractivity contribution in [1.29, 1.82) is 0 Å². The fraction of sp³-hybridized carbons (Fsp3) is 0.300. The summed E-state index contributed by atoms with van der Waals surface area (Å²) in [5.74, 6) is -1.80. The molecule has 0 aliphatic carbocycles. The number of carbonyl (C=O) groups is 1. The Hall–Kier alpha value is -1.95. The molecule has 0 spiro atoms. The van der Waals surface area contributed by atoms with Crippen molar-refractivity contribution in [3.05, 3.63) is 30.0 Å². The van der Waals surface area contributed by atoms with Crippen LogP contribution in [0.5, 0.6) is 0 Å². The lowest BCUT2D eigenvalue weighted by atomic mass is 10.1. The first-order valence-corrected chi connectivity index (χ1v) is 4.86. The van der Waals surface area contributed by atoms with Crippen LogP contribution in [-0.2, 0) is 4.79 Å².